The molecule has 1 saturated heterocycles. The number of unbranched alkanes of at least 4 members (excludes halogenated alkanes) is 3. The fourth-order valence-electron chi connectivity index (χ4n) is 2.88. The first-order chi connectivity index (χ1) is 13.2. The number of carbonyl (C=O) groups is 1. The molecule has 28 heavy (non-hydrogen) atoms. The van der Waals surface area contributed by atoms with Gasteiger partial charge >= 0.3 is 6.09 Å². The molecule has 0 aromatic rings. The van der Waals surface area contributed by atoms with Crippen molar-refractivity contribution in [3.63, 3.8) is 0 Å². The number of rotatable bonds is 16. The van der Waals surface area contributed by atoms with Crippen molar-refractivity contribution in [3.8, 4) is 0 Å². The summed E-state index contributed by atoms with van der Waals surface area (Å²) in [5.41, 5.74) is -0.172. The molecule has 0 bridgehead atoms. The Hall–Kier alpha value is -0.890. The zero-order chi connectivity index (χ0) is 21.0. The second kappa shape index (κ2) is 13.4. The number of aliphatic hydroxyl groups excluding tert-OH is 1. The smallest absolute Gasteiger partial charge is 0.407 e. The van der Waals surface area contributed by atoms with Gasteiger partial charge in [-0.15, -0.1) is 0 Å². The van der Waals surface area contributed by atoms with Crippen LogP contribution in [0.4, 0.5) is 4.79 Å². The molecule has 0 aromatic heterocycles. The van der Waals surface area contributed by atoms with Gasteiger partial charge in [0.2, 0.25) is 0 Å². The van der Waals surface area contributed by atoms with Crippen LogP contribution in [0.25, 0.3) is 0 Å². The van der Waals surface area contributed by atoms with Crippen LogP contribution >= 0.6 is 0 Å². The number of aliphatic hydroxyl groups is 1. The number of hydrogen-bond acceptors (Lipinski definition) is 6. The molecule has 1 amide bonds. The molecular weight excluding hydrogens is 360 g/mol. The lowest BCUT2D eigenvalue weighted by Gasteiger charge is -2.26. The molecule has 7 nitrogen and oxygen atoms in total. The number of alkyl carbamates (subject to hydrolysis) is 1. The van der Waals surface area contributed by atoms with Gasteiger partial charge in [-0.25, -0.2) is 4.79 Å². The summed E-state index contributed by atoms with van der Waals surface area (Å²) in [6, 6.07) is 0.550. The summed E-state index contributed by atoms with van der Waals surface area (Å²) in [4.78, 5) is 14.3. The van der Waals surface area contributed by atoms with Crippen molar-refractivity contribution >= 4 is 6.09 Å². The molecule has 166 valence electrons. The van der Waals surface area contributed by atoms with E-state index in [0.29, 0.717) is 45.6 Å². The van der Waals surface area contributed by atoms with Crippen LogP contribution in [-0.2, 0) is 14.2 Å². The maximum Gasteiger partial charge on any atom is 0.407 e. The van der Waals surface area contributed by atoms with Gasteiger partial charge in [-0.3, -0.25) is 4.90 Å². The van der Waals surface area contributed by atoms with Crippen molar-refractivity contribution in [2.75, 3.05) is 46.1 Å². The first-order valence-corrected chi connectivity index (χ1v) is 10.8. The summed E-state index contributed by atoms with van der Waals surface area (Å²) >= 11 is 0. The number of hydrogen-bond donors (Lipinski definition) is 2. The number of carbonyl (C=O) groups excluding carboxylic acids is 1. The van der Waals surface area contributed by atoms with Crippen molar-refractivity contribution < 1.29 is 24.1 Å². The largest absolute Gasteiger partial charge is 0.442 e. The average molecular weight is 403 g/mol. The van der Waals surface area contributed by atoms with E-state index < -0.39 is 6.10 Å². The Kier molecular flexibility index (Phi) is 12.0. The third kappa shape index (κ3) is 12.5. The Morgan fingerprint density at radius 2 is 1.86 bits per heavy atom. The Balaban J connectivity index is 2.31. The molecule has 2 N–H and O–H groups in total. The summed E-state index contributed by atoms with van der Waals surface area (Å²) in [5.74, 6) is 0. The molecule has 4 unspecified atom stereocenters. The van der Waals surface area contributed by atoms with Gasteiger partial charge in [0.1, 0.15) is 6.10 Å². The van der Waals surface area contributed by atoms with Crippen molar-refractivity contribution in [1.82, 2.24) is 10.2 Å². The quantitative estimate of drug-likeness (QED) is 0.305. The highest BCUT2D eigenvalue weighted by Crippen LogP contribution is 2.19. The Bertz CT molecular complexity index is 431. The van der Waals surface area contributed by atoms with E-state index in [1.807, 2.05) is 0 Å². The van der Waals surface area contributed by atoms with E-state index in [9.17, 15) is 9.90 Å². The molecule has 7 heteroatoms. The van der Waals surface area contributed by atoms with E-state index in [2.05, 4.69) is 37.9 Å². The van der Waals surface area contributed by atoms with Gasteiger partial charge in [0.15, 0.2) is 0 Å². The van der Waals surface area contributed by atoms with Crippen LogP contribution < -0.4 is 5.32 Å². The van der Waals surface area contributed by atoms with Crippen molar-refractivity contribution in [2.24, 2.45) is 5.41 Å². The molecule has 1 aliphatic heterocycles. The second-order valence-electron chi connectivity index (χ2n) is 8.86. The maximum absolute atomic E-state index is 12.1. The fraction of sp³-hybridized carbons (Fsp3) is 0.952. The first-order valence-electron chi connectivity index (χ1n) is 10.8. The highest BCUT2D eigenvalue weighted by atomic mass is 16.6. The van der Waals surface area contributed by atoms with Gasteiger partial charge < -0.3 is 24.6 Å². The van der Waals surface area contributed by atoms with E-state index in [1.165, 1.54) is 12.8 Å². The predicted octanol–water partition coefficient (Wildman–Crippen LogP) is 2.81. The average Bonchev–Trinajstić information content (AvgIpc) is 3.28. The molecule has 0 aromatic carbocycles. The van der Waals surface area contributed by atoms with Crippen LogP contribution in [0.1, 0.15) is 60.3 Å². The van der Waals surface area contributed by atoms with E-state index >= 15 is 0 Å². The second-order valence-corrected chi connectivity index (χ2v) is 8.86. The Morgan fingerprint density at radius 1 is 1.21 bits per heavy atom. The third-order valence-electron chi connectivity index (χ3n) is 4.65. The zero-order valence-electron chi connectivity index (χ0n) is 18.5. The van der Waals surface area contributed by atoms with Crippen molar-refractivity contribution in [2.45, 2.75) is 78.6 Å². The normalized spacial score (nSPS) is 21.2. The summed E-state index contributed by atoms with van der Waals surface area (Å²) < 4.78 is 17.0. The number of nitrogens with one attached hydrogen (secondary N) is 1. The Morgan fingerprint density at radius 3 is 2.43 bits per heavy atom. The van der Waals surface area contributed by atoms with E-state index in [1.54, 1.807) is 6.92 Å². The molecule has 4 atom stereocenters. The summed E-state index contributed by atoms with van der Waals surface area (Å²) in [5, 5.41) is 12.1. The van der Waals surface area contributed by atoms with Gasteiger partial charge in [-0.1, -0.05) is 40.0 Å². The minimum Gasteiger partial charge on any atom is -0.442 e. The number of ether oxygens (including phenoxy) is 3. The van der Waals surface area contributed by atoms with Crippen molar-refractivity contribution in [3.05, 3.63) is 0 Å². The highest BCUT2D eigenvalue weighted by molar-refractivity contribution is 5.67. The van der Waals surface area contributed by atoms with Crippen LogP contribution in [0, 0.1) is 5.41 Å². The molecule has 1 rings (SSSR count). The lowest BCUT2D eigenvalue weighted by atomic mass is 9.96. The van der Waals surface area contributed by atoms with Crippen LogP contribution in [-0.4, -0.2) is 80.4 Å². The zero-order valence-corrected chi connectivity index (χ0v) is 18.5. The molecule has 1 heterocycles. The van der Waals surface area contributed by atoms with Gasteiger partial charge in [0, 0.05) is 31.1 Å². The summed E-state index contributed by atoms with van der Waals surface area (Å²) in [6.45, 7) is 14.2. The van der Waals surface area contributed by atoms with Gasteiger partial charge in [-0.05, 0) is 20.3 Å². The molecule has 0 radical (unpaired) electrons. The third-order valence-corrected chi connectivity index (χ3v) is 4.65. The number of nitrogens with zero attached hydrogens (tertiary/aromatic N) is 1. The maximum atomic E-state index is 12.1. The van der Waals surface area contributed by atoms with Crippen LogP contribution in [0.2, 0.25) is 0 Å². The van der Waals surface area contributed by atoms with Gasteiger partial charge in [0.25, 0.3) is 0 Å². The predicted molar refractivity (Wildman–Crippen MR) is 111 cm³/mol. The molecule has 0 saturated carbocycles. The summed E-state index contributed by atoms with van der Waals surface area (Å²) in [6.07, 6.45) is 3.36. The minimum absolute atomic E-state index is 0.172. The van der Waals surface area contributed by atoms with E-state index in [-0.39, 0.29) is 17.6 Å². The Labute approximate surface area is 171 Å². The molecule has 0 spiro atoms. The van der Waals surface area contributed by atoms with Crippen LogP contribution in [0.5, 0.6) is 0 Å². The van der Waals surface area contributed by atoms with E-state index in [0.717, 1.165) is 19.4 Å². The lowest BCUT2D eigenvalue weighted by Crippen LogP contribution is -2.37. The molecule has 0 aliphatic carbocycles. The van der Waals surface area contributed by atoms with Crippen LogP contribution in [0.15, 0.2) is 0 Å². The standard InChI is InChI=1S/C21H42N2O5/c1-6-7-8-9-10-22-20(25)28-19(12-23-11-17(23)2)14-27-16-21(4,5)15-26-13-18(3)24/h17-19,24H,6-16H2,1-5H3,(H,22,25). The van der Waals surface area contributed by atoms with Gasteiger partial charge in [-0.2, -0.15) is 0 Å². The molecular formula is C21H42N2O5. The van der Waals surface area contributed by atoms with Gasteiger partial charge in [0.05, 0.1) is 32.5 Å². The summed E-state index contributed by atoms with van der Waals surface area (Å²) in [7, 11) is 0. The monoisotopic (exact) mass is 402 g/mol. The SMILES string of the molecule is CCCCCCNC(=O)OC(COCC(C)(C)COCC(C)O)CN1CC1C. The highest BCUT2D eigenvalue weighted by Gasteiger charge is 2.32. The number of amides is 1. The lowest BCUT2D eigenvalue weighted by molar-refractivity contribution is -0.0470. The molecule has 1 aliphatic rings. The molecule has 1 fully saturated rings. The minimum atomic E-state index is -0.468. The van der Waals surface area contributed by atoms with Crippen molar-refractivity contribution in [1.29, 1.82) is 0 Å². The fourth-order valence-corrected chi connectivity index (χ4v) is 2.88. The first kappa shape index (κ1) is 25.1. The topological polar surface area (TPSA) is 80.0 Å². The van der Waals surface area contributed by atoms with Crippen LogP contribution in [0.3, 0.4) is 0 Å². The van der Waals surface area contributed by atoms with E-state index in [4.69, 9.17) is 14.2 Å².